The molecule has 5 unspecified atom stereocenters. The van der Waals surface area contributed by atoms with Gasteiger partial charge in [0.25, 0.3) is 0 Å². The molecule has 0 aliphatic carbocycles. The fourth-order valence-corrected chi connectivity index (χ4v) is 3.32. The van der Waals surface area contributed by atoms with Gasteiger partial charge in [-0.1, -0.05) is 6.92 Å². The van der Waals surface area contributed by atoms with E-state index in [-0.39, 0.29) is 0 Å². The molecule has 4 N–H and O–H groups in total. The number of hydrogen-bond donors (Lipinski definition) is 3. The Morgan fingerprint density at radius 3 is 2.60 bits per heavy atom. The van der Waals surface area contributed by atoms with Gasteiger partial charge in [0.15, 0.2) is 0 Å². The first-order chi connectivity index (χ1) is 7.16. The summed E-state index contributed by atoms with van der Waals surface area (Å²) in [6.07, 6.45) is 3.83. The lowest BCUT2D eigenvalue weighted by atomic mass is 9.77. The minimum atomic E-state index is 0.371. The Balaban J connectivity index is 1.91. The molecule has 15 heavy (non-hydrogen) atoms. The maximum Gasteiger partial charge on any atom is 0.0168 e. The highest BCUT2D eigenvalue weighted by molar-refractivity contribution is 4.92. The van der Waals surface area contributed by atoms with Crippen LogP contribution in [0, 0.1) is 11.8 Å². The van der Waals surface area contributed by atoms with E-state index in [0.717, 1.165) is 18.4 Å². The third-order valence-corrected chi connectivity index (χ3v) is 4.08. The Labute approximate surface area is 93.2 Å². The molecular weight excluding hydrogens is 186 g/mol. The van der Waals surface area contributed by atoms with Gasteiger partial charge in [0.2, 0.25) is 0 Å². The van der Waals surface area contributed by atoms with Crippen molar-refractivity contribution in [2.24, 2.45) is 17.6 Å². The first-order valence-corrected chi connectivity index (χ1v) is 6.39. The Morgan fingerprint density at radius 1 is 1.13 bits per heavy atom. The van der Waals surface area contributed by atoms with Crippen LogP contribution in [0.2, 0.25) is 0 Å². The van der Waals surface area contributed by atoms with E-state index in [1.807, 2.05) is 0 Å². The molecule has 2 saturated heterocycles. The highest BCUT2D eigenvalue weighted by Gasteiger charge is 2.33. The van der Waals surface area contributed by atoms with E-state index in [1.54, 1.807) is 0 Å². The van der Waals surface area contributed by atoms with E-state index in [1.165, 1.54) is 25.8 Å². The fourth-order valence-electron chi connectivity index (χ4n) is 3.32. The van der Waals surface area contributed by atoms with Crippen LogP contribution in [0.25, 0.3) is 0 Å². The van der Waals surface area contributed by atoms with Gasteiger partial charge in [-0.25, -0.2) is 0 Å². The average molecular weight is 211 g/mol. The number of piperidine rings is 2. The van der Waals surface area contributed by atoms with Crippen molar-refractivity contribution in [2.45, 2.75) is 51.2 Å². The van der Waals surface area contributed by atoms with Crippen LogP contribution in [0.3, 0.4) is 0 Å². The molecule has 0 bridgehead atoms. The predicted octanol–water partition coefficient (Wildman–Crippen LogP) is 0.700. The number of hydrogen-bond acceptors (Lipinski definition) is 3. The molecule has 5 atom stereocenters. The van der Waals surface area contributed by atoms with Gasteiger partial charge < -0.3 is 16.4 Å². The summed E-state index contributed by atoms with van der Waals surface area (Å²) in [5.41, 5.74) is 5.97. The monoisotopic (exact) mass is 211 g/mol. The van der Waals surface area contributed by atoms with E-state index in [0.29, 0.717) is 18.1 Å². The van der Waals surface area contributed by atoms with Gasteiger partial charge >= 0.3 is 0 Å². The molecule has 0 aromatic heterocycles. The Hall–Kier alpha value is -0.120. The number of nitrogens with two attached hydrogens (primary N) is 1. The van der Waals surface area contributed by atoms with Gasteiger partial charge in [-0.3, -0.25) is 0 Å². The third-order valence-electron chi connectivity index (χ3n) is 4.08. The number of nitrogens with one attached hydrogen (secondary N) is 2. The van der Waals surface area contributed by atoms with E-state index in [9.17, 15) is 0 Å². The first kappa shape index (κ1) is 11.4. The van der Waals surface area contributed by atoms with E-state index < -0.39 is 0 Å². The first-order valence-electron chi connectivity index (χ1n) is 6.39. The van der Waals surface area contributed by atoms with Crippen LogP contribution in [0.15, 0.2) is 0 Å². The lowest BCUT2D eigenvalue weighted by Gasteiger charge is -2.41. The van der Waals surface area contributed by atoms with Crippen LogP contribution < -0.4 is 16.4 Å². The van der Waals surface area contributed by atoms with Crippen molar-refractivity contribution < 1.29 is 0 Å². The second-order valence-corrected chi connectivity index (χ2v) is 5.55. The quantitative estimate of drug-likeness (QED) is 0.598. The molecule has 2 aliphatic heterocycles. The van der Waals surface area contributed by atoms with Gasteiger partial charge in [0.1, 0.15) is 0 Å². The molecule has 2 rings (SSSR count). The molecular formula is C12H25N3. The lowest BCUT2D eigenvalue weighted by molar-refractivity contribution is 0.162. The van der Waals surface area contributed by atoms with Crippen molar-refractivity contribution in [3.05, 3.63) is 0 Å². The maximum atomic E-state index is 5.97. The van der Waals surface area contributed by atoms with Gasteiger partial charge in [-0.05, 0) is 44.6 Å². The minimum absolute atomic E-state index is 0.371. The molecule has 2 aliphatic rings. The molecule has 0 spiro atoms. The van der Waals surface area contributed by atoms with Crippen LogP contribution in [-0.4, -0.2) is 31.2 Å². The highest BCUT2D eigenvalue weighted by Crippen LogP contribution is 2.28. The largest absolute Gasteiger partial charge is 0.327 e. The maximum absolute atomic E-state index is 5.97. The average Bonchev–Trinajstić information content (AvgIpc) is 2.17. The molecule has 0 aromatic carbocycles. The zero-order chi connectivity index (χ0) is 10.8. The van der Waals surface area contributed by atoms with E-state index >= 15 is 0 Å². The summed E-state index contributed by atoms with van der Waals surface area (Å²) < 4.78 is 0. The zero-order valence-electron chi connectivity index (χ0n) is 10.00. The van der Waals surface area contributed by atoms with Gasteiger partial charge in [-0.15, -0.1) is 0 Å². The molecule has 0 radical (unpaired) electrons. The summed E-state index contributed by atoms with van der Waals surface area (Å²) in [4.78, 5) is 0. The van der Waals surface area contributed by atoms with Crippen molar-refractivity contribution >= 4 is 0 Å². The topological polar surface area (TPSA) is 50.1 Å². The van der Waals surface area contributed by atoms with E-state index in [4.69, 9.17) is 5.73 Å². The summed E-state index contributed by atoms with van der Waals surface area (Å²) >= 11 is 0. The van der Waals surface area contributed by atoms with Crippen molar-refractivity contribution in [2.75, 3.05) is 13.1 Å². The standard InChI is InChI=1S/C12H25N3/c1-8-5-11(13)7-15-12(8)10-3-4-14-9(2)6-10/h8-12,14-15H,3-7,13H2,1-2H3. The Bertz CT molecular complexity index is 207. The molecule has 0 aromatic rings. The van der Waals surface area contributed by atoms with Crippen LogP contribution >= 0.6 is 0 Å². The van der Waals surface area contributed by atoms with E-state index in [2.05, 4.69) is 24.5 Å². The van der Waals surface area contributed by atoms with Gasteiger partial charge in [0.05, 0.1) is 0 Å². The molecule has 3 nitrogen and oxygen atoms in total. The smallest absolute Gasteiger partial charge is 0.0168 e. The molecule has 0 amide bonds. The lowest BCUT2D eigenvalue weighted by Crippen LogP contribution is -2.55. The SMILES string of the molecule is CC1CC(C2NCC(N)CC2C)CCN1. The van der Waals surface area contributed by atoms with Crippen molar-refractivity contribution in [3.8, 4) is 0 Å². The molecule has 3 heteroatoms. The van der Waals surface area contributed by atoms with Crippen LogP contribution in [0.5, 0.6) is 0 Å². The normalized spacial score (nSPS) is 47.8. The molecule has 2 fully saturated rings. The van der Waals surface area contributed by atoms with Crippen LogP contribution in [-0.2, 0) is 0 Å². The summed E-state index contributed by atoms with van der Waals surface area (Å²) in [6.45, 7) is 6.84. The molecule has 0 saturated carbocycles. The van der Waals surface area contributed by atoms with Gasteiger partial charge in [-0.2, -0.15) is 0 Å². The van der Waals surface area contributed by atoms with Crippen molar-refractivity contribution in [3.63, 3.8) is 0 Å². The number of rotatable bonds is 1. The summed E-state index contributed by atoms with van der Waals surface area (Å²) in [6, 6.07) is 1.76. The zero-order valence-corrected chi connectivity index (χ0v) is 10.00. The summed E-state index contributed by atoms with van der Waals surface area (Å²) in [7, 11) is 0. The Kier molecular flexibility index (Phi) is 3.65. The summed E-state index contributed by atoms with van der Waals surface area (Å²) in [5.74, 6) is 1.59. The highest BCUT2D eigenvalue weighted by atomic mass is 15.0. The second-order valence-electron chi connectivity index (χ2n) is 5.55. The predicted molar refractivity (Wildman–Crippen MR) is 63.7 cm³/mol. The Morgan fingerprint density at radius 2 is 1.93 bits per heavy atom. The molecule has 88 valence electrons. The van der Waals surface area contributed by atoms with Gasteiger partial charge in [0, 0.05) is 24.7 Å². The fraction of sp³-hybridized carbons (Fsp3) is 1.00. The van der Waals surface area contributed by atoms with Crippen molar-refractivity contribution in [1.29, 1.82) is 0 Å². The van der Waals surface area contributed by atoms with Crippen LogP contribution in [0.1, 0.15) is 33.1 Å². The second kappa shape index (κ2) is 4.81. The van der Waals surface area contributed by atoms with Crippen molar-refractivity contribution in [1.82, 2.24) is 10.6 Å². The molecule has 2 heterocycles. The summed E-state index contributed by atoms with van der Waals surface area (Å²) in [5, 5.41) is 7.18. The minimum Gasteiger partial charge on any atom is -0.327 e. The van der Waals surface area contributed by atoms with Crippen LogP contribution in [0.4, 0.5) is 0 Å². The third kappa shape index (κ3) is 2.71.